The van der Waals surface area contributed by atoms with Crippen molar-refractivity contribution >= 4 is 15.9 Å². The van der Waals surface area contributed by atoms with Gasteiger partial charge in [-0.1, -0.05) is 36.4 Å². The number of hydrogen-bond acceptors (Lipinski definition) is 3. The molecule has 4 nitrogen and oxygen atoms in total. The fraction of sp³-hybridized carbons (Fsp3) is 0.235. The largest absolute Gasteiger partial charge is 0.273 e. The first kappa shape index (κ1) is 15.7. The number of fused-ring (bicyclic) bond motifs is 1. The summed E-state index contributed by atoms with van der Waals surface area (Å²) in [4.78, 5) is 12.3. The van der Waals surface area contributed by atoms with Gasteiger partial charge in [-0.3, -0.25) is 9.52 Å². The van der Waals surface area contributed by atoms with Crippen LogP contribution in [0.3, 0.4) is 0 Å². The first-order valence-electron chi connectivity index (χ1n) is 7.31. The Kier molecular flexibility index (Phi) is 4.17. The highest BCUT2D eigenvalue weighted by Crippen LogP contribution is 2.33. The second-order valence-electron chi connectivity index (χ2n) is 5.64. The number of nitrogens with one attached hydrogen (secondary N) is 1. The molecule has 23 heavy (non-hydrogen) atoms. The molecule has 0 spiro atoms. The van der Waals surface area contributed by atoms with E-state index in [-0.39, 0.29) is 5.75 Å². The van der Waals surface area contributed by atoms with E-state index in [1.807, 2.05) is 24.3 Å². The maximum Gasteiger partial charge on any atom is 0.240 e. The Bertz CT molecular complexity index is 831. The van der Waals surface area contributed by atoms with E-state index in [0.717, 1.165) is 17.5 Å². The summed E-state index contributed by atoms with van der Waals surface area (Å²) < 4.78 is 39.3. The Balaban J connectivity index is 1.71. The van der Waals surface area contributed by atoms with Crippen LogP contribution in [0.4, 0.5) is 4.39 Å². The van der Waals surface area contributed by atoms with Crippen LogP contribution in [-0.2, 0) is 27.0 Å². The molecular formula is C17H16FNO3S. The first-order chi connectivity index (χ1) is 10.9. The van der Waals surface area contributed by atoms with Gasteiger partial charge < -0.3 is 0 Å². The molecule has 1 amide bonds. The molecule has 0 radical (unpaired) electrons. The molecule has 1 atom stereocenters. The number of sulfonamides is 1. The molecule has 1 N–H and O–H groups in total. The van der Waals surface area contributed by atoms with Crippen molar-refractivity contribution in [2.24, 2.45) is 0 Å². The number of aryl methyl sites for hydroxylation is 1. The predicted octanol–water partition coefficient (Wildman–Crippen LogP) is 2.50. The van der Waals surface area contributed by atoms with Gasteiger partial charge in [0.1, 0.15) is 5.82 Å². The van der Waals surface area contributed by atoms with Crippen LogP contribution in [-0.4, -0.2) is 14.3 Å². The molecule has 120 valence electrons. The monoisotopic (exact) mass is 333 g/mol. The normalized spacial score (nSPS) is 16.8. The summed E-state index contributed by atoms with van der Waals surface area (Å²) in [5, 5.41) is 0. The van der Waals surface area contributed by atoms with Crippen molar-refractivity contribution in [2.75, 3.05) is 0 Å². The van der Waals surface area contributed by atoms with E-state index in [2.05, 4.69) is 4.72 Å². The minimum Gasteiger partial charge on any atom is -0.273 e. The standard InChI is InChI=1S/C17H16FNO3S/c18-14-8-5-12(6-9-14)11-23(21,22)19-17(20)16-10-7-13-3-1-2-4-15(13)16/h1-6,8-9,16H,7,10-11H2,(H,19,20)/t16-/m0/s1. The fourth-order valence-electron chi connectivity index (χ4n) is 2.89. The van der Waals surface area contributed by atoms with Crippen LogP contribution in [0.25, 0.3) is 0 Å². The van der Waals surface area contributed by atoms with E-state index in [9.17, 15) is 17.6 Å². The molecule has 0 unspecified atom stereocenters. The number of amides is 1. The number of rotatable bonds is 4. The van der Waals surface area contributed by atoms with Crippen molar-refractivity contribution in [3.63, 3.8) is 0 Å². The van der Waals surface area contributed by atoms with Gasteiger partial charge in [0, 0.05) is 0 Å². The van der Waals surface area contributed by atoms with Crippen molar-refractivity contribution < 1.29 is 17.6 Å². The molecule has 0 aromatic heterocycles. The molecule has 0 aliphatic heterocycles. The maximum atomic E-state index is 12.9. The summed E-state index contributed by atoms with van der Waals surface area (Å²) >= 11 is 0. The van der Waals surface area contributed by atoms with Crippen molar-refractivity contribution in [3.05, 3.63) is 71.0 Å². The zero-order valence-corrected chi connectivity index (χ0v) is 13.1. The lowest BCUT2D eigenvalue weighted by Crippen LogP contribution is -2.34. The number of carbonyl (C=O) groups is 1. The first-order valence-corrected chi connectivity index (χ1v) is 8.96. The molecular weight excluding hydrogens is 317 g/mol. The SMILES string of the molecule is O=C(NS(=O)(=O)Cc1ccc(F)cc1)[C@H]1CCc2ccccc21. The molecule has 0 bridgehead atoms. The van der Waals surface area contributed by atoms with Crippen LogP contribution in [0.15, 0.2) is 48.5 Å². The van der Waals surface area contributed by atoms with Crippen LogP contribution >= 0.6 is 0 Å². The predicted molar refractivity (Wildman–Crippen MR) is 84.7 cm³/mol. The minimum absolute atomic E-state index is 0.354. The van der Waals surface area contributed by atoms with E-state index in [1.165, 1.54) is 24.3 Å². The smallest absolute Gasteiger partial charge is 0.240 e. The number of carbonyl (C=O) groups excluding carboxylic acids is 1. The molecule has 1 aliphatic carbocycles. The van der Waals surface area contributed by atoms with Gasteiger partial charge in [-0.2, -0.15) is 0 Å². The third-order valence-electron chi connectivity index (χ3n) is 3.98. The van der Waals surface area contributed by atoms with E-state index in [1.54, 1.807) is 0 Å². The van der Waals surface area contributed by atoms with E-state index in [0.29, 0.717) is 12.0 Å². The van der Waals surface area contributed by atoms with Crippen molar-refractivity contribution in [3.8, 4) is 0 Å². The van der Waals surface area contributed by atoms with Gasteiger partial charge in [0.25, 0.3) is 0 Å². The van der Waals surface area contributed by atoms with Crippen molar-refractivity contribution in [1.29, 1.82) is 0 Å². The number of halogens is 1. The van der Waals surface area contributed by atoms with Crippen LogP contribution in [0, 0.1) is 5.82 Å². The summed E-state index contributed by atoms with van der Waals surface area (Å²) in [6.07, 6.45) is 1.38. The Hall–Kier alpha value is -2.21. The second-order valence-corrected chi connectivity index (χ2v) is 7.36. The van der Waals surface area contributed by atoms with Gasteiger partial charge in [-0.15, -0.1) is 0 Å². The fourth-order valence-corrected chi connectivity index (χ4v) is 4.04. The second kappa shape index (κ2) is 6.12. The zero-order valence-electron chi connectivity index (χ0n) is 12.3. The van der Waals surface area contributed by atoms with Crippen LogP contribution in [0.2, 0.25) is 0 Å². The molecule has 2 aromatic rings. The van der Waals surface area contributed by atoms with Gasteiger partial charge in [-0.25, -0.2) is 12.8 Å². The average Bonchev–Trinajstić information content (AvgIpc) is 2.93. The van der Waals surface area contributed by atoms with Crippen LogP contribution in [0.1, 0.15) is 29.0 Å². The highest BCUT2D eigenvalue weighted by atomic mass is 32.2. The lowest BCUT2D eigenvalue weighted by molar-refractivity contribution is -0.120. The maximum absolute atomic E-state index is 12.9. The van der Waals surface area contributed by atoms with E-state index < -0.39 is 27.7 Å². The Morgan fingerprint density at radius 2 is 1.83 bits per heavy atom. The summed E-state index contributed by atoms with van der Waals surface area (Å²) in [7, 11) is -3.81. The Labute approximate surface area is 134 Å². The summed E-state index contributed by atoms with van der Waals surface area (Å²) in [5.74, 6) is -1.73. The third-order valence-corrected chi connectivity index (χ3v) is 5.20. The van der Waals surface area contributed by atoms with E-state index in [4.69, 9.17) is 0 Å². The molecule has 6 heteroatoms. The highest BCUT2D eigenvalue weighted by molar-refractivity contribution is 7.89. The lowest BCUT2D eigenvalue weighted by Gasteiger charge is -2.12. The molecule has 1 aliphatic rings. The van der Waals surface area contributed by atoms with Gasteiger partial charge in [0.05, 0.1) is 11.7 Å². The highest BCUT2D eigenvalue weighted by Gasteiger charge is 2.30. The Morgan fingerprint density at radius 3 is 2.57 bits per heavy atom. The number of benzene rings is 2. The van der Waals surface area contributed by atoms with Crippen LogP contribution in [0.5, 0.6) is 0 Å². The van der Waals surface area contributed by atoms with E-state index >= 15 is 0 Å². The summed E-state index contributed by atoms with van der Waals surface area (Å²) in [5.41, 5.74) is 2.41. The molecule has 0 fully saturated rings. The van der Waals surface area contributed by atoms with Gasteiger partial charge in [0.2, 0.25) is 15.9 Å². The van der Waals surface area contributed by atoms with Crippen molar-refractivity contribution in [1.82, 2.24) is 4.72 Å². The Morgan fingerprint density at radius 1 is 1.13 bits per heavy atom. The lowest BCUT2D eigenvalue weighted by atomic mass is 10.0. The topological polar surface area (TPSA) is 63.2 Å². The van der Waals surface area contributed by atoms with Gasteiger partial charge in [0.15, 0.2) is 0 Å². The number of hydrogen-bond donors (Lipinski definition) is 1. The third kappa shape index (κ3) is 3.59. The van der Waals surface area contributed by atoms with Crippen molar-refractivity contribution in [2.45, 2.75) is 24.5 Å². The molecule has 0 heterocycles. The zero-order chi connectivity index (χ0) is 16.4. The molecule has 2 aromatic carbocycles. The van der Waals surface area contributed by atoms with Gasteiger partial charge >= 0.3 is 0 Å². The summed E-state index contributed by atoms with van der Waals surface area (Å²) in [6, 6.07) is 12.7. The summed E-state index contributed by atoms with van der Waals surface area (Å²) in [6.45, 7) is 0. The van der Waals surface area contributed by atoms with Crippen LogP contribution < -0.4 is 4.72 Å². The van der Waals surface area contributed by atoms with Gasteiger partial charge in [-0.05, 0) is 41.7 Å². The molecule has 0 saturated carbocycles. The average molecular weight is 333 g/mol. The molecule has 3 rings (SSSR count). The molecule has 0 saturated heterocycles. The minimum atomic E-state index is -3.81. The quantitative estimate of drug-likeness (QED) is 0.935.